The molecule has 22 heavy (non-hydrogen) atoms. The molecule has 1 aromatic carbocycles. The van der Waals surface area contributed by atoms with Gasteiger partial charge in [0, 0.05) is 0 Å². The van der Waals surface area contributed by atoms with Gasteiger partial charge in [0.05, 0.1) is 13.3 Å². The highest BCUT2D eigenvalue weighted by Gasteiger charge is 2.48. The Bertz CT molecular complexity index is 542. The Kier molecular flexibility index (Phi) is 4.86. The zero-order chi connectivity index (χ0) is 16.3. The Morgan fingerprint density at radius 2 is 1.91 bits per heavy atom. The first-order valence-electron chi connectivity index (χ1n) is 7.71. The molecule has 1 fully saturated rings. The quantitative estimate of drug-likeness (QED) is 0.783. The number of amides is 1. The Hall–Kier alpha value is -1.88. The molecule has 5 heteroatoms. The molecule has 0 radical (unpaired) electrons. The molecular weight excluding hydrogens is 280 g/mol. The zero-order valence-corrected chi connectivity index (χ0v) is 13.7. The third-order valence-corrected chi connectivity index (χ3v) is 4.16. The highest BCUT2D eigenvalue weighted by atomic mass is 16.5. The predicted octanol–water partition coefficient (Wildman–Crippen LogP) is 2.19. The van der Waals surface area contributed by atoms with Gasteiger partial charge >= 0.3 is 5.97 Å². The maximum absolute atomic E-state index is 12.9. The van der Waals surface area contributed by atoms with Gasteiger partial charge in [0.25, 0.3) is 0 Å². The Morgan fingerprint density at radius 3 is 2.45 bits per heavy atom. The van der Waals surface area contributed by atoms with Gasteiger partial charge in [0.15, 0.2) is 0 Å². The fourth-order valence-corrected chi connectivity index (χ4v) is 2.78. The number of esters is 1. The molecule has 5 nitrogen and oxygen atoms in total. The summed E-state index contributed by atoms with van der Waals surface area (Å²) in [5, 5.41) is 0. The molecule has 1 amide bonds. The number of hydrogen-bond acceptors (Lipinski definition) is 4. The van der Waals surface area contributed by atoms with Crippen LogP contribution >= 0.6 is 0 Å². The molecule has 0 aliphatic carbocycles. The minimum atomic E-state index is -0.968. The topological polar surface area (TPSA) is 49.9 Å². The van der Waals surface area contributed by atoms with Crippen LogP contribution in [0.4, 0.5) is 0 Å². The van der Waals surface area contributed by atoms with E-state index in [1.165, 1.54) is 0 Å². The predicted molar refractivity (Wildman–Crippen MR) is 84.0 cm³/mol. The molecule has 1 aliphatic rings. The number of ether oxygens (including phenoxy) is 1. The maximum atomic E-state index is 12.9. The van der Waals surface area contributed by atoms with Crippen molar-refractivity contribution in [2.75, 3.05) is 19.8 Å². The first-order chi connectivity index (χ1) is 10.4. The average Bonchev–Trinajstić information content (AvgIpc) is 2.85. The number of nitrogens with zero attached hydrogens (tertiary/aromatic N) is 2. The number of rotatable bonds is 5. The van der Waals surface area contributed by atoms with Gasteiger partial charge in [-0.3, -0.25) is 9.69 Å². The van der Waals surface area contributed by atoms with Crippen LogP contribution < -0.4 is 0 Å². The lowest BCUT2D eigenvalue weighted by Gasteiger charge is -2.32. The number of likely N-dealkylation sites (N-methyl/N-ethyl adjacent to an activating group) is 1. The molecule has 0 saturated carbocycles. The largest absolute Gasteiger partial charge is 0.464 e. The van der Waals surface area contributed by atoms with E-state index < -0.39 is 5.54 Å². The Labute approximate surface area is 131 Å². The minimum absolute atomic E-state index is 0.0499. The van der Waals surface area contributed by atoms with E-state index in [1.54, 1.807) is 25.7 Å². The van der Waals surface area contributed by atoms with E-state index in [0.717, 1.165) is 12.1 Å². The number of hydrogen-bond donors (Lipinski definition) is 0. The van der Waals surface area contributed by atoms with Gasteiger partial charge in [0.1, 0.15) is 11.6 Å². The Balaban J connectivity index is 2.30. The van der Waals surface area contributed by atoms with Crippen LogP contribution in [0.2, 0.25) is 0 Å². The Morgan fingerprint density at radius 1 is 1.27 bits per heavy atom. The highest BCUT2D eigenvalue weighted by Crippen LogP contribution is 2.33. The summed E-state index contributed by atoms with van der Waals surface area (Å²) in [6.45, 7) is 8.74. The van der Waals surface area contributed by atoms with Gasteiger partial charge < -0.3 is 9.64 Å². The average molecular weight is 304 g/mol. The van der Waals surface area contributed by atoms with Crippen molar-refractivity contribution in [2.24, 2.45) is 0 Å². The molecule has 120 valence electrons. The summed E-state index contributed by atoms with van der Waals surface area (Å²) in [6.07, 6.45) is 0. The molecule has 0 spiro atoms. The van der Waals surface area contributed by atoms with Gasteiger partial charge in [-0.25, -0.2) is 4.79 Å². The highest BCUT2D eigenvalue weighted by molar-refractivity contribution is 5.91. The second kappa shape index (κ2) is 6.48. The first kappa shape index (κ1) is 16.5. The standard InChI is InChI=1S/C17H24N2O3/c1-5-18-12-19(17(3,4)16(21)22-6-2)15(20)14(18)13-10-8-7-9-11-13/h7-11,14H,5-6,12H2,1-4H3. The molecule has 1 heterocycles. The number of carbonyl (C=O) groups excluding carboxylic acids is 2. The second-order valence-corrected chi connectivity index (χ2v) is 5.91. The third kappa shape index (κ3) is 2.86. The second-order valence-electron chi connectivity index (χ2n) is 5.91. The first-order valence-corrected chi connectivity index (χ1v) is 7.71. The normalized spacial score (nSPS) is 19.5. The van der Waals surface area contributed by atoms with Crippen LogP contribution in [0, 0.1) is 0 Å². The molecule has 1 aromatic rings. The third-order valence-electron chi connectivity index (χ3n) is 4.16. The van der Waals surface area contributed by atoms with E-state index >= 15 is 0 Å². The fraction of sp³-hybridized carbons (Fsp3) is 0.529. The van der Waals surface area contributed by atoms with Crippen LogP contribution in [0.5, 0.6) is 0 Å². The summed E-state index contributed by atoms with van der Waals surface area (Å²) < 4.78 is 5.13. The lowest BCUT2D eigenvalue weighted by molar-refractivity contribution is -0.160. The van der Waals surface area contributed by atoms with Gasteiger partial charge in [0.2, 0.25) is 5.91 Å². The fourth-order valence-electron chi connectivity index (χ4n) is 2.78. The molecular formula is C17H24N2O3. The van der Waals surface area contributed by atoms with Crippen molar-refractivity contribution in [1.82, 2.24) is 9.80 Å². The van der Waals surface area contributed by atoms with E-state index in [9.17, 15) is 9.59 Å². The summed E-state index contributed by atoms with van der Waals surface area (Å²) >= 11 is 0. The lowest BCUT2D eigenvalue weighted by Crippen LogP contribution is -2.52. The van der Waals surface area contributed by atoms with E-state index in [-0.39, 0.29) is 17.9 Å². The van der Waals surface area contributed by atoms with E-state index in [0.29, 0.717) is 13.3 Å². The molecule has 1 saturated heterocycles. The van der Waals surface area contributed by atoms with E-state index in [4.69, 9.17) is 4.74 Å². The molecule has 0 N–H and O–H groups in total. The van der Waals surface area contributed by atoms with Crippen LogP contribution in [0.3, 0.4) is 0 Å². The van der Waals surface area contributed by atoms with Crippen molar-refractivity contribution in [1.29, 1.82) is 0 Å². The van der Waals surface area contributed by atoms with Crippen molar-refractivity contribution in [3.05, 3.63) is 35.9 Å². The number of benzene rings is 1. The SMILES string of the molecule is CCOC(=O)C(C)(C)N1CN(CC)C(c2ccccc2)C1=O. The van der Waals surface area contributed by atoms with Crippen molar-refractivity contribution < 1.29 is 14.3 Å². The minimum Gasteiger partial charge on any atom is -0.464 e. The smallest absolute Gasteiger partial charge is 0.331 e. The van der Waals surface area contributed by atoms with Gasteiger partial charge in [-0.2, -0.15) is 0 Å². The van der Waals surface area contributed by atoms with Gasteiger partial charge in [-0.15, -0.1) is 0 Å². The summed E-state index contributed by atoms with van der Waals surface area (Å²) in [6, 6.07) is 9.35. The molecule has 1 aliphatic heterocycles. The van der Waals surface area contributed by atoms with E-state index in [1.807, 2.05) is 37.3 Å². The van der Waals surface area contributed by atoms with Crippen LogP contribution in [-0.4, -0.2) is 47.0 Å². The summed E-state index contributed by atoms with van der Waals surface area (Å²) in [5.74, 6) is -0.417. The maximum Gasteiger partial charge on any atom is 0.331 e. The van der Waals surface area contributed by atoms with Crippen molar-refractivity contribution in [2.45, 2.75) is 39.3 Å². The molecule has 0 aromatic heterocycles. The van der Waals surface area contributed by atoms with Crippen LogP contribution in [0.25, 0.3) is 0 Å². The van der Waals surface area contributed by atoms with Crippen molar-refractivity contribution in [3.63, 3.8) is 0 Å². The lowest BCUT2D eigenvalue weighted by atomic mass is 10.0. The molecule has 1 unspecified atom stereocenters. The monoisotopic (exact) mass is 304 g/mol. The summed E-state index contributed by atoms with van der Waals surface area (Å²) in [7, 11) is 0. The zero-order valence-electron chi connectivity index (χ0n) is 13.7. The van der Waals surface area contributed by atoms with Crippen LogP contribution in [0.1, 0.15) is 39.3 Å². The van der Waals surface area contributed by atoms with Crippen molar-refractivity contribution in [3.8, 4) is 0 Å². The summed E-state index contributed by atoms with van der Waals surface area (Å²) in [4.78, 5) is 28.8. The van der Waals surface area contributed by atoms with Gasteiger partial charge in [-0.1, -0.05) is 37.3 Å². The molecule has 2 rings (SSSR count). The van der Waals surface area contributed by atoms with Crippen LogP contribution in [-0.2, 0) is 14.3 Å². The van der Waals surface area contributed by atoms with Gasteiger partial charge in [-0.05, 0) is 32.9 Å². The van der Waals surface area contributed by atoms with Crippen LogP contribution in [0.15, 0.2) is 30.3 Å². The number of carbonyl (C=O) groups is 2. The van der Waals surface area contributed by atoms with E-state index in [2.05, 4.69) is 4.90 Å². The summed E-state index contributed by atoms with van der Waals surface area (Å²) in [5.41, 5.74) is -0.0131. The molecule has 0 bridgehead atoms. The molecule has 1 atom stereocenters. The van der Waals surface area contributed by atoms with Crippen molar-refractivity contribution >= 4 is 11.9 Å².